The van der Waals surface area contributed by atoms with E-state index >= 15 is 0 Å². The summed E-state index contributed by atoms with van der Waals surface area (Å²) in [6.45, 7) is 4.72. The number of phosphoric acid groups is 2. The van der Waals surface area contributed by atoms with Crippen molar-refractivity contribution in [1.29, 1.82) is 0 Å². The molecule has 94 heavy (non-hydrogen) atoms. The quantitative estimate of drug-likeness (QED) is 0.0169. The zero-order valence-corrected chi connectivity index (χ0v) is 61.2. The molecule has 0 radical (unpaired) electrons. The summed E-state index contributed by atoms with van der Waals surface area (Å²) in [5.41, 5.74) is 0. The van der Waals surface area contributed by atoms with Crippen LogP contribution in [0.1, 0.15) is 323 Å². The van der Waals surface area contributed by atoms with Crippen molar-refractivity contribution in [2.45, 2.75) is 341 Å². The van der Waals surface area contributed by atoms with Crippen molar-refractivity contribution in [3.05, 3.63) is 72.9 Å². The molecule has 0 saturated heterocycles. The van der Waals surface area contributed by atoms with E-state index in [-0.39, 0.29) is 25.7 Å². The van der Waals surface area contributed by atoms with Crippen LogP contribution >= 0.6 is 15.6 Å². The van der Waals surface area contributed by atoms with E-state index < -0.39 is 97.5 Å². The van der Waals surface area contributed by atoms with E-state index in [0.717, 1.165) is 167 Å². The van der Waals surface area contributed by atoms with Gasteiger partial charge in [0.25, 0.3) is 0 Å². The summed E-state index contributed by atoms with van der Waals surface area (Å²) in [5.74, 6) is -2.20. The standard InChI is InChI=1S/C75H134O17P2/c1-5-9-13-17-21-25-29-32-34-37-40-43-47-51-55-59-72(77)85-65-70(91-74(79)61-57-53-49-45-39-28-24-20-16-12-8-4)67-89-93(81,82)87-63-69(76)64-88-94(83,84)90-68-71(92-75(80)62-58-54-50-46-42-36-31-27-23-19-15-11-7-3)66-86-73(78)60-56-52-48-44-41-38-35-33-30-26-22-18-14-10-6-2/h15,19,21-22,25-27,31-35,69-71,76H,5-14,16-18,20,23-24,28-30,36-68H2,1-4H3,(H,81,82)(H,83,84)/b19-15-,25-21-,26-22-,31-27-,34-32-,35-33-. The maximum absolute atomic E-state index is 13.0. The minimum absolute atomic E-state index is 0.0776. The molecule has 3 N–H and O–H groups in total. The fourth-order valence-electron chi connectivity index (χ4n) is 9.91. The third kappa shape index (κ3) is 67.1. The third-order valence-electron chi connectivity index (χ3n) is 15.6. The van der Waals surface area contributed by atoms with Gasteiger partial charge < -0.3 is 33.8 Å². The highest BCUT2D eigenvalue weighted by molar-refractivity contribution is 7.47. The molecule has 0 aromatic heterocycles. The Balaban J connectivity index is 5.33. The van der Waals surface area contributed by atoms with Gasteiger partial charge in [0, 0.05) is 25.7 Å². The Bertz CT molecular complexity index is 2070. The zero-order chi connectivity index (χ0) is 69.0. The van der Waals surface area contributed by atoms with Gasteiger partial charge in [-0.3, -0.25) is 37.3 Å². The SMILES string of the molecule is CCC/C=C\C/C=C\CCCCCCCC(=O)OC(COC(=O)CCCCCCC/C=C\C/C=C\CCCCC)COP(=O)(O)OCC(O)COP(=O)(O)OCC(COC(=O)CCCCCCC/C=C\C/C=C\CCCCC)OC(=O)CCCCCCCCCCCCC. The van der Waals surface area contributed by atoms with Crippen molar-refractivity contribution >= 4 is 39.5 Å². The second-order valence-electron chi connectivity index (χ2n) is 24.9. The Morgan fingerprint density at radius 1 is 0.298 bits per heavy atom. The van der Waals surface area contributed by atoms with Gasteiger partial charge in [-0.05, 0) is 116 Å². The van der Waals surface area contributed by atoms with Crippen molar-refractivity contribution < 1.29 is 80.2 Å². The summed E-state index contributed by atoms with van der Waals surface area (Å²) in [6.07, 6.45) is 66.1. The van der Waals surface area contributed by atoms with E-state index in [1.165, 1.54) is 77.0 Å². The minimum atomic E-state index is -4.97. The molecule has 0 amide bonds. The third-order valence-corrected chi connectivity index (χ3v) is 17.5. The number of hydrogen-bond acceptors (Lipinski definition) is 15. The smallest absolute Gasteiger partial charge is 0.462 e. The van der Waals surface area contributed by atoms with E-state index in [2.05, 4.69) is 101 Å². The van der Waals surface area contributed by atoms with Crippen LogP contribution in [0.3, 0.4) is 0 Å². The molecule has 0 heterocycles. The van der Waals surface area contributed by atoms with Gasteiger partial charge >= 0.3 is 39.5 Å². The van der Waals surface area contributed by atoms with Gasteiger partial charge in [-0.25, -0.2) is 9.13 Å². The van der Waals surface area contributed by atoms with E-state index in [4.69, 9.17) is 37.0 Å². The predicted octanol–water partition coefficient (Wildman–Crippen LogP) is 20.9. The lowest BCUT2D eigenvalue weighted by Crippen LogP contribution is -2.30. The fourth-order valence-corrected chi connectivity index (χ4v) is 11.5. The van der Waals surface area contributed by atoms with Crippen LogP contribution < -0.4 is 0 Å². The maximum Gasteiger partial charge on any atom is 0.472 e. The molecule has 0 aliphatic heterocycles. The number of unbranched alkanes of at least 4 members (excludes halogenated alkanes) is 32. The van der Waals surface area contributed by atoms with Gasteiger partial charge in [0.1, 0.15) is 19.3 Å². The predicted molar refractivity (Wildman–Crippen MR) is 381 cm³/mol. The maximum atomic E-state index is 13.0. The number of hydrogen-bond donors (Lipinski definition) is 3. The van der Waals surface area contributed by atoms with Gasteiger partial charge in [0.2, 0.25) is 0 Å². The number of aliphatic hydroxyl groups is 1. The van der Waals surface area contributed by atoms with Gasteiger partial charge in [-0.2, -0.15) is 0 Å². The lowest BCUT2D eigenvalue weighted by molar-refractivity contribution is -0.161. The Morgan fingerprint density at radius 3 is 0.851 bits per heavy atom. The van der Waals surface area contributed by atoms with Crippen molar-refractivity contribution in [3.8, 4) is 0 Å². The van der Waals surface area contributed by atoms with Gasteiger partial charge in [-0.1, -0.05) is 255 Å². The number of esters is 4. The average Bonchev–Trinajstić information content (AvgIpc) is 1.22. The van der Waals surface area contributed by atoms with Gasteiger partial charge in [-0.15, -0.1) is 0 Å². The van der Waals surface area contributed by atoms with Gasteiger partial charge in [0.05, 0.1) is 26.4 Å². The number of ether oxygens (including phenoxy) is 4. The first-order chi connectivity index (χ1) is 45.7. The second kappa shape index (κ2) is 68.0. The number of phosphoric ester groups is 2. The van der Waals surface area contributed by atoms with Gasteiger partial charge in [0.15, 0.2) is 12.2 Å². The van der Waals surface area contributed by atoms with Crippen molar-refractivity contribution in [2.24, 2.45) is 0 Å². The molecule has 0 saturated carbocycles. The van der Waals surface area contributed by atoms with Crippen LogP contribution in [-0.4, -0.2) is 96.7 Å². The minimum Gasteiger partial charge on any atom is -0.462 e. The average molecular weight is 1370 g/mol. The van der Waals surface area contributed by atoms with Crippen molar-refractivity contribution in [1.82, 2.24) is 0 Å². The lowest BCUT2D eigenvalue weighted by Gasteiger charge is -2.21. The van der Waals surface area contributed by atoms with E-state index in [1.807, 2.05) is 0 Å². The number of allylic oxidation sites excluding steroid dienone is 12. The van der Waals surface area contributed by atoms with Crippen LogP contribution in [0.5, 0.6) is 0 Å². The highest BCUT2D eigenvalue weighted by Gasteiger charge is 2.30. The van der Waals surface area contributed by atoms with E-state index in [1.54, 1.807) is 0 Å². The van der Waals surface area contributed by atoms with Crippen molar-refractivity contribution in [2.75, 3.05) is 39.6 Å². The Labute approximate surface area is 571 Å². The number of rotatable bonds is 70. The molecule has 0 bridgehead atoms. The first-order valence-corrected chi connectivity index (χ1v) is 40.2. The molecule has 0 aromatic carbocycles. The summed E-state index contributed by atoms with van der Waals surface area (Å²) in [4.78, 5) is 72.7. The largest absolute Gasteiger partial charge is 0.472 e. The zero-order valence-electron chi connectivity index (χ0n) is 59.4. The Hall–Kier alpha value is -3.50. The van der Waals surface area contributed by atoms with E-state index in [0.29, 0.717) is 25.7 Å². The van der Waals surface area contributed by atoms with Crippen LogP contribution in [-0.2, 0) is 65.4 Å². The first-order valence-electron chi connectivity index (χ1n) is 37.2. The molecule has 0 rings (SSSR count). The normalized spacial score (nSPS) is 14.4. The van der Waals surface area contributed by atoms with Crippen LogP contribution in [0.15, 0.2) is 72.9 Å². The molecule has 0 aliphatic rings. The fraction of sp³-hybridized carbons (Fsp3) is 0.787. The molecule has 5 atom stereocenters. The first kappa shape index (κ1) is 90.5. The monoisotopic (exact) mass is 1370 g/mol. The van der Waals surface area contributed by atoms with Crippen LogP contribution in [0, 0.1) is 0 Å². The molecule has 546 valence electrons. The Kier molecular flexibility index (Phi) is 65.5. The summed E-state index contributed by atoms with van der Waals surface area (Å²) >= 11 is 0. The summed E-state index contributed by atoms with van der Waals surface area (Å²) in [5, 5.41) is 10.6. The molecular weight excluding hydrogens is 1230 g/mol. The number of carbonyl (C=O) groups excluding carboxylic acids is 4. The topological polar surface area (TPSA) is 237 Å². The molecule has 0 aromatic rings. The molecular formula is C75H134O17P2. The lowest BCUT2D eigenvalue weighted by atomic mass is 10.1. The molecule has 19 heteroatoms. The Morgan fingerprint density at radius 2 is 0.543 bits per heavy atom. The molecule has 5 unspecified atom stereocenters. The highest BCUT2D eigenvalue weighted by Crippen LogP contribution is 2.45. The van der Waals surface area contributed by atoms with E-state index in [9.17, 15) is 43.2 Å². The molecule has 0 aliphatic carbocycles. The van der Waals surface area contributed by atoms with Crippen LogP contribution in [0.4, 0.5) is 0 Å². The number of aliphatic hydroxyl groups excluding tert-OH is 1. The molecule has 0 spiro atoms. The summed E-state index contributed by atoms with van der Waals surface area (Å²) in [6, 6.07) is 0. The summed E-state index contributed by atoms with van der Waals surface area (Å²) < 4.78 is 68.3. The second-order valence-corrected chi connectivity index (χ2v) is 27.8. The summed E-state index contributed by atoms with van der Waals surface area (Å²) in [7, 11) is -9.94. The van der Waals surface area contributed by atoms with Crippen LogP contribution in [0.25, 0.3) is 0 Å². The molecule has 17 nitrogen and oxygen atoms in total. The highest BCUT2D eigenvalue weighted by atomic mass is 31.2. The van der Waals surface area contributed by atoms with Crippen molar-refractivity contribution in [3.63, 3.8) is 0 Å². The van der Waals surface area contributed by atoms with Crippen LogP contribution in [0.2, 0.25) is 0 Å². The molecule has 0 fully saturated rings. The number of carbonyl (C=O) groups is 4.